The highest BCUT2D eigenvalue weighted by Crippen LogP contribution is 2.24. The second-order valence-corrected chi connectivity index (χ2v) is 4.87. The van der Waals surface area contributed by atoms with Crippen LogP contribution in [0, 0.1) is 0 Å². The molecule has 19 heavy (non-hydrogen) atoms. The van der Waals surface area contributed by atoms with Crippen molar-refractivity contribution in [1.29, 1.82) is 0 Å². The van der Waals surface area contributed by atoms with Gasteiger partial charge in [0.2, 0.25) is 0 Å². The summed E-state index contributed by atoms with van der Waals surface area (Å²) in [6.45, 7) is 2.16. The Bertz CT molecular complexity index is 552. The first-order valence-corrected chi connectivity index (χ1v) is 6.83. The molecule has 1 atom stereocenters. The number of anilines is 1. The van der Waals surface area contributed by atoms with Crippen LogP contribution in [0.15, 0.2) is 54.6 Å². The largest absolute Gasteiger partial charge is 0.389 e. The Morgan fingerprint density at radius 2 is 1.74 bits per heavy atom. The number of nitrogens with two attached hydrogens (primary N) is 1. The first-order chi connectivity index (χ1) is 9.22. The van der Waals surface area contributed by atoms with Gasteiger partial charge >= 0.3 is 0 Å². The van der Waals surface area contributed by atoms with Gasteiger partial charge in [0.1, 0.15) is 4.99 Å². The smallest absolute Gasteiger partial charge is 0.106 e. The van der Waals surface area contributed by atoms with Gasteiger partial charge in [-0.05, 0) is 24.1 Å². The van der Waals surface area contributed by atoms with E-state index in [2.05, 4.69) is 36.5 Å². The molecule has 3 N–H and O–H groups in total. The van der Waals surface area contributed by atoms with Gasteiger partial charge in [0.25, 0.3) is 0 Å². The van der Waals surface area contributed by atoms with E-state index in [9.17, 15) is 0 Å². The van der Waals surface area contributed by atoms with Gasteiger partial charge in [0.05, 0.1) is 6.04 Å². The minimum atomic E-state index is 0.261. The van der Waals surface area contributed by atoms with Crippen LogP contribution in [0.5, 0.6) is 0 Å². The van der Waals surface area contributed by atoms with Gasteiger partial charge in [-0.1, -0.05) is 61.6 Å². The topological polar surface area (TPSA) is 38.0 Å². The SMILES string of the molecule is CCC(Nc1ccccc1C(N)=S)c1ccccc1. The Hall–Kier alpha value is -1.87. The maximum absolute atomic E-state index is 5.76. The lowest BCUT2D eigenvalue weighted by Gasteiger charge is -2.20. The van der Waals surface area contributed by atoms with Gasteiger partial charge < -0.3 is 11.1 Å². The van der Waals surface area contributed by atoms with Crippen LogP contribution in [0.3, 0.4) is 0 Å². The molecule has 0 saturated carbocycles. The van der Waals surface area contributed by atoms with E-state index < -0.39 is 0 Å². The summed E-state index contributed by atoms with van der Waals surface area (Å²) in [5.74, 6) is 0. The van der Waals surface area contributed by atoms with Gasteiger partial charge in [0, 0.05) is 11.3 Å². The summed E-state index contributed by atoms with van der Waals surface area (Å²) >= 11 is 5.09. The zero-order valence-electron chi connectivity index (χ0n) is 11.0. The number of benzene rings is 2. The molecule has 0 amide bonds. The van der Waals surface area contributed by atoms with Crippen molar-refractivity contribution in [2.24, 2.45) is 5.73 Å². The Morgan fingerprint density at radius 3 is 2.37 bits per heavy atom. The molecular formula is C16H18N2S. The molecule has 0 aliphatic carbocycles. The highest BCUT2D eigenvalue weighted by Gasteiger charge is 2.11. The molecule has 2 rings (SSSR count). The molecule has 3 heteroatoms. The Labute approximate surface area is 119 Å². The quantitative estimate of drug-likeness (QED) is 0.810. The highest BCUT2D eigenvalue weighted by atomic mass is 32.1. The minimum absolute atomic E-state index is 0.261. The van der Waals surface area contributed by atoms with E-state index in [1.54, 1.807) is 0 Å². The molecule has 1 unspecified atom stereocenters. The zero-order chi connectivity index (χ0) is 13.7. The summed E-state index contributed by atoms with van der Waals surface area (Å²) in [6.07, 6.45) is 0.996. The van der Waals surface area contributed by atoms with Gasteiger partial charge in [-0.15, -0.1) is 0 Å². The van der Waals surface area contributed by atoms with Crippen LogP contribution in [0.4, 0.5) is 5.69 Å². The molecule has 0 bridgehead atoms. The zero-order valence-corrected chi connectivity index (χ0v) is 11.8. The summed E-state index contributed by atoms with van der Waals surface area (Å²) in [7, 11) is 0. The number of nitrogens with one attached hydrogen (secondary N) is 1. The third-order valence-electron chi connectivity index (χ3n) is 3.13. The molecule has 2 aromatic carbocycles. The lowest BCUT2D eigenvalue weighted by Crippen LogP contribution is -2.16. The molecule has 0 radical (unpaired) electrons. The second-order valence-electron chi connectivity index (χ2n) is 4.43. The van der Waals surface area contributed by atoms with Crippen LogP contribution in [-0.4, -0.2) is 4.99 Å². The van der Waals surface area contributed by atoms with Crippen LogP contribution in [0.1, 0.15) is 30.5 Å². The van der Waals surface area contributed by atoms with Crippen LogP contribution in [0.25, 0.3) is 0 Å². The Morgan fingerprint density at radius 1 is 1.11 bits per heavy atom. The summed E-state index contributed by atoms with van der Waals surface area (Å²) in [6, 6.07) is 18.6. The molecule has 0 aliphatic rings. The number of para-hydroxylation sites is 1. The normalized spacial score (nSPS) is 11.8. The summed E-state index contributed by atoms with van der Waals surface area (Å²) < 4.78 is 0. The van der Waals surface area contributed by atoms with E-state index in [0.29, 0.717) is 4.99 Å². The van der Waals surface area contributed by atoms with Gasteiger partial charge in [-0.3, -0.25) is 0 Å². The fourth-order valence-electron chi connectivity index (χ4n) is 2.12. The molecule has 2 aromatic rings. The van der Waals surface area contributed by atoms with E-state index in [4.69, 9.17) is 18.0 Å². The van der Waals surface area contributed by atoms with E-state index in [1.165, 1.54) is 5.56 Å². The highest BCUT2D eigenvalue weighted by molar-refractivity contribution is 7.80. The van der Waals surface area contributed by atoms with Crippen LogP contribution in [0.2, 0.25) is 0 Å². The number of hydrogen-bond donors (Lipinski definition) is 2. The number of rotatable bonds is 5. The first kappa shape index (κ1) is 13.6. The molecule has 0 aromatic heterocycles. The number of thiocarbonyl (C=S) groups is 1. The maximum atomic E-state index is 5.76. The second kappa shape index (κ2) is 6.34. The Kier molecular flexibility index (Phi) is 4.53. The van der Waals surface area contributed by atoms with Crippen molar-refractivity contribution in [2.75, 3.05) is 5.32 Å². The maximum Gasteiger partial charge on any atom is 0.106 e. The monoisotopic (exact) mass is 270 g/mol. The van der Waals surface area contributed by atoms with Crippen molar-refractivity contribution in [2.45, 2.75) is 19.4 Å². The average Bonchev–Trinajstić information content (AvgIpc) is 2.46. The molecule has 0 aliphatic heterocycles. The van der Waals surface area contributed by atoms with Crippen molar-refractivity contribution in [3.8, 4) is 0 Å². The fourth-order valence-corrected chi connectivity index (χ4v) is 2.30. The van der Waals surface area contributed by atoms with Crippen molar-refractivity contribution in [3.63, 3.8) is 0 Å². The average molecular weight is 270 g/mol. The molecule has 0 heterocycles. The van der Waals surface area contributed by atoms with Crippen molar-refractivity contribution in [1.82, 2.24) is 0 Å². The van der Waals surface area contributed by atoms with E-state index in [0.717, 1.165) is 17.7 Å². The predicted octanol–water partition coefficient (Wildman–Crippen LogP) is 3.88. The van der Waals surface area contributed by atoms with Crippen molar-refractivity contribution < 1.29 is 0 Å². The number of hydrogen-bond acceptors (Lipinski definition) is 2. The van der Waals surface area contributed by atoms with Gasteiger partial charge in [-0.25, -0.2) is 0 Å². The van der Waals surface area contributed by atoms with E-state index >= 15 is 0 Å². The molecule has 98 valence electrons. The van der Waals surface area contributed by atoms with Gasteiger partial charge in [0.15, 0.2) is 0 Å². The lowest BCUT2D eigenvalue weighted by molar-refractivity contribution is 0.749. The molecule has 2 nitrogen and oxygen atoms in total. The molecule has 0 fully saturated rings. The predicted molar refractivity (Wildman–Crippen MR) is 85.4 cm³/mol. The third kappa shape index (κ3) is 3.32. The third-order valence-corrected chi connectivity index (χ3v) is 3.35. The Balaban J connectivity index is 2.27. The summed E-state index contributed by atoms with van der Waals surface area (Å²) in [4.78, 5) is 0.422. The first-order valence-electron chi connectivity index (χ1n) is 6.42. The standard InChI is InChI=1S/C16H18N2S/c1-2-14(12-8-4-3-5-9-12)18-15-11-7-6-10-13(15)16(17)19/h3-11,14,18H,2H2,1H3,(H2,17,19). The molecule has 0 saturated heterocycles. The van der Waals surface area contributed by atoms with Crippen LogP contribution >= 0.6 is 12.2 Å². The lowest BCUT2D eigenvalue weighted by atomic mass is 10.0. The van der Waals surface area contributed by atoms with E-state index in [1.807, 2.05) is 30.3 Å². The van der Waals surface area contributed by atoms with E-state index in [-0.39, 0.29) is 6.04 Å². The van der Waals surface area contributed by atoms with Crippen LogP contribution < -0.4 is 11.1 Å². The van der Waals surface area contributed by atoms with Gasteiger partial charge in [-0.2, -0.15) is 0 Å². The minimum Gasteiger partial charge on any atom is -0.389 e. The molecule has 0 spiro atoms. The van der Waals surface area contributed by atoms with Crippen molar-refractivity contribution in [3.05, 3.63) is 65.7 Å². The van der Waals surface area contributed by atoms with Crippen molar-refractivity contribution >= 4 is 22.9 Å². The fraction of sp³-hybridized carbons (Fsp3) is 0.188. The summed E-state index contributed by atoms with van der Waals surface area (Å²) in [5.41, 5.74) is 8.91. The van der Waals surface area contributed by atoms with Crippen LogP contribution in [-0.2, 0) is 0 Å². The molecular weight excluding hydrogens is 252 g/mol. The summed E-state index contributed by atoms with van der Waals surface area (Å²) in [5, 5.41) is 3.53.